The number of amides is 2. The summed E-state index contributed by atoms with van der Waals surface area (Å²) in [5.41, 5.74) is 1.26. The summed E-state index contributed by atoms with van der Waals surface area (Å²) < 4.78 is 1.89. The van der Waals surface area contributed by atoms with Crippen molar-refractivity contribution < 1.29 is 9.59 Å². The number of carbonyl (C=O) groups excluding carboxylic acids is 2. The molecule has 0 saturated heterocycles. The zero-order valence-electron chi connectivity index (χ0n) is 14.6. The average Bonchev–Trinajstić information content (AvgIpc) is 2.96. The van der Waals surface area contributed by atoms with Gasteiger partial charge in [0.25, 0.3) is 11.8 Å². The molecule has 0 spiro atoms. The van der Waals surface area contributed by atoms with Gasteiger partial charge in [-0.05, 0) is 46.3 Å². The van der Waals surface area contributed by atoms with Crippen LogP contribution in [0.2, 0.25) is 0 Å². The van der Waals surface area contributed by atoms with Crippen LogP contribution in [-0.4, -0.2) is 60.0 Å². The third-order valence-corrected chi connectivity index (χ3v) is 4.01. The lowest BCUT2D eigenvalue weighted by Gasteiger charge is -2.17. The molecular formula is C17H27N5O2. The van der Waals surface area contributed by atoms with E-state index in [9.17, 15) is 9.59 Å². The molecule has 1 aliphatic heterocycles. The Hall–Kier alpha value is -2.15. The first-order valence-electron chi connectivity index (χ1n) is 8.46. The van der Waals surface area contributed by atoms with E-state index in [1.54, 1.807) is 6.08 Å². The van der Waals surface area contributed by atoms with Gasteiger partial charge in [-0.2, -0.15) is 0 Å². The second kappa shape index (κ2) is 8.63. The van der Waals surface area contributed by atoms with Crippen molar-refractivity contribution in [2.75, 3.05) is 33.7 Å². The molecule has 0 aromatic carbocycles. The van der Waals surface area contributed by atoms with Crippen molar-refractivity contribution in [1.29, 1.82) is 0 Å². The van der Waals surface area contributed by atoms with Crippen LogP contribution < -0.4 is 10.6 Å². The topological polar surface area (TPSA) is 79.3 Å². The van der Waals surface area contributed by atoms with Gasteiger partial charge in [0.2, 0.25) is 0 Å². The molecule has 0 fully saturated rings. The monoisotopic (exact) mass is 333 g/mol. The lowest BCUT2D eigenvalue weighted by Crippen LogP contribution is -2.28. The molecule has 1 aromatic heterocycles. The Morgan fingerprint density at radius 2 is 2.08 bits per heavy atom. The lowest BCUT2D eigenvalue weighted by molar-refractivity contribution is 0.0942. The smallest absolute Gasteiger partial charge is 0.287 e. The normalized spacial score (nSPS) is 13.5. The minimum Gasteiger partial charge on any atom is -0.351 e. The molecule has 1 aromatic rings. The highest BCUT2D eigenvalue weighted by Crippen LogP contribution is 2.21. The van der Waals surface area contributed by atoms with Crippen LogP contribution in [0.5, 0.6) is 0 Å². The van der Waals surface area contributed by atoms with Crippen LogP contribution >= 0.6 is 0 Å². The molecule has 7 nitrogen and oxygen atoms in total. The van der Waals surface area contributed by atoms with Gasteiger partial charge < -0.3 is 20.1 Å². The first kappa shape index (κ1) is 18.2. The summed E-state index contributed by atoms with van der Waals surface area (Å²) >= 11 is 0. The van der Waals surface area contributed by atoms with E-state index >= 15 is 0 Å². The summed E-state index contributed by atoms with van der Waals surface area (Å²) in [7, 11) is 4.00. The van der Waals surface area contributed by atoms with Gasteiger partial charge in [0.15, 0.2) is 5.82 Å². The van der Waals surface area contributed by atoms with Gasteiger partial charge >= 0.3 is 0 Å². The number of fused-ring (bicyclic) bond motifs is 1. The van der Waals surface area contributed by atoms with Crippen LogP contribution in [0.3, 0.4) is 0 Å². The van der Waals surface area contributed by atoms with Gasteiger partial charge in [-0.25, -0.2) is 4.98 Å². The molecule has 0 unspecified atom stereocenters. The van der Waals surface area contributed by atoms with Crippen molar-refractivity contribution in [1.82, 2.24) is 25.1 Å². The second-order valence-electron chi connectivity index (χ2n) is 6.25. The molecule has 2 amide bonds. The van der Waals surface area contributed by atoms with Gasteiger partial charge in [0, 0.05) is 19.6 Å². The average molecular weight is 333 g/mol. The highest BCUT2D eigenvalue weighted by Gasteiger charge is 2.27. The fraction of sp³-hybridized carbons (Fsp3) is 0.588. The summed E-state index contributed by atoms with van der Waals surface area (Å²) in [5.74, 6) is -0.128. The van der Waals surface area contributed by atoms with E-state index < -0.39 is 0 Å². The molecule has 1 aliphatic rings. The van der Waals surface area contributed by atoms with Gasteiger partial charge in [0.1, 0.15) is 5.69 Å². The number of carbonyl (C=O) groups is 2. The van der Waals surface area contributed by atoms with Crippen LogP contribution in [0, 0.1) is 0 Å². The molecule has 2 heterocycles. The van der Waals surface area contributed by atoms with E-state index in [0.29, 0.717) is 24.6 Å². The van der Waals surface area contributed by atoms with Crippen LogP contribution in [0.25, 0.3) is 0 Å². The number of nitrogens with zero attached hydrogens (tertiary/aromatic N) is 3. The molecule has 0 radical (unpaired) electrons. The maximum absolute atomic E-state index is 12.5. The Morgan fingerprint density at radius 1 is 1.29 bits per heavy atom. The van der Waals surface area contributed by atoms with Gasteiger partial charge in [-0.3, -0.25) is 9.59 Å². The molecule has 0 atom stereocenters. The summed E-state index contributed by atoms with van der Waals surface area (Å²) in [4.78, 5) is 31.2. The summed E-state index contributed by atoms with van der Waals surface area (Å²) in [6, 6.07) is 0. The van der Waals surface area contributed by atoms with E-state index in [0.717, 1.165) is 44.5 Å². The minimum atomic E-state index is -0.260. The van der Waals surface area contributed by atoms with Crippen LogP contribution in [0.1, 0.15) is 46.1 Å². The van der Waals surface area contributed by atoms with Gasteiger partial charge in [-0.15, -0.1) is 6.58 Å². The van der Waals surface area contributed by atoms with Crippen molar-refractivity contribution >= 4 is 11.8 Å². The fourth-order valence-electron chi connectivity index (χ4n) is 2.82. The van der Waals surface area contributed by atoms with Gasteiger partial charge in [-0.1, -0.05) is 6.08 Å². The van der Waals surface area contributed by atoms with Crippen LogP contribution in [-0.2, 0) is 13.0 Å². The summed E-state index contributed by atoms with van der Waals surface area (Å²) in [6.45, 7) is 6.22. The van der Waals surface area contributed by atoms with E-state index in [1.807, 2.05) is 18.7 Å². The molecule has 0 bridgehead atoms. The van der Waals surface area contributed by atoms with Crippen molar-refractivity contribution in [3.05, 3.63) is 29.9 Å². The van der Waals surface area contributed by atoms with Crippen molar-refractivity contribution in [2.24, 2.45) is 0 Å². The minimum absolute atomic E-state index is 0.192. The molecule has 2 rings (SSSR count). The first-order valence-corrected chi connectivity index (χ1v) is 8.46. The SMILES string of the molecule is C=CCNC(=O)c1nc(C(=O)NCCCN(C)C)c2n1CCCC2. The summed E-state index contributed by atoms with van der Waals surface area (Å²) in [6.07, 6.45) is 5.29. The van der Waals surface area contributed by atoms with Crippen LogP contribution in [0.15, 0.2) is 12.7 Å². The number of aromatic nitrogens is 2. The Balaban J connectivity index is 2.11. The Kier molecular flexibility index (Phi) is 6.54. The van der Waals surface area contributed by atoms with Crippen molar-refractivity contribution in [2.45, 2.75) is 32.2 Å². The molecular weight excluding hydrogens is 306 g/mol. The second-order valence-corrected chi connectivity index (χ2v) is 6.25. The largest absolute Gasteiger partial charge is 0.351 e. The Morgan fingerprint density at radius 3 is 2.79 bits per heavy atom. The number of rotatable bonds is 8. The van der Waals surface area contributed by atoms with Crippen molar-refractivity contribution in [3.8, 4) is 0 Å². The number of imidazole rings is 1. The molecule has 2 N–H and O–H groups in total. The molecule has 0 aliphatic carbocycles. The van der Waals surface area contributed by atoms with E-state index in [2.05, 4.69) is 27.1 Å². The van der Waals surface area contributed by atoms with Gasteiger partial charge in [0.05, 0.1) is 5.69 Å². The Labute approximate surface area is 143 Å². The van der Waals surface area contributed by atoms with E-state index in [4.69, 9.17) is 0 Å². The van der Waals surface area contributed by atoms with E-state index in [1.165, 1.54) is 0 Å². The third kappa shape index (κ3) is 4.44. The third-order valence-electron chi connectivity index (χ3n) is 4.01. The summed E-state index contributed by atoms with van der Waals surface area (Å²) in [5, 5.41) is 5.65. The number of hydrogen-bond acceptors (Lipinski definition) is 4. The maximum Gasteiger partial charge on any atom is 0.287 e. The Bertz CT molecular complexity index is 606. The highest BCUT2D eigenvalue weighted by atomic mass is 16.2. The molecule has 0 saturated carbocycles. The predicted octanol–water partition coefficient (Wildman–Crippen LogP) is 0.817. The van der Waals surface area contributed by atoms with Crippen molar-refractivity contribution in [3.63, 3.8) is 0 Å². The lowest BCUT2D eigenvalue weighted by atomic mass is 10.1. The zero-order valence-corrected chi connectivity index (χ0v) is 14.6. The quantitative estimate of drug-likeness (QED) is 0.545. The van der Waals surface area contributed by atoms with Crippen LogP contribution in [0.4, 0.5) is 0 Å². The molecule has 7 heteroatoms. The zero-order chi connectivity index (χ0) is 17.5. The number of nitrogens with one attached hydrogen (secondary N) is 2. The number of hydrogen-bond donors (Lipinski definition) is 2. The predicted molar refractivity (Wildman–Crippen MR) is 93.2 cm³/mol. The maximum atomic E-state index is 12.5. The molecule has 132 valence electrons. The van der Waals surface area contributed by atoms with E-state index in [-0.39, 0.29) is 11.8 Å². The standard InChI is InChI=1S/C17H27N5O2/c1-4-9-18-17(24)15-20-14(13-8-5-6-12-22(13)15)16(23)19-10-7-11-21(2)3/h4H,1,5-12H2,2-3H3,(H,18,24)(H,19,23). The highest BCUT2D eigenvalue weighted by molar-refractivity contribution is 5.97. The molecule has 24 heavy (non-hydrogen) atoms. The fourth-order valence-corrected chi connectivity index (χ4v) is 2.82. The first-order chi connectivity index (χ1) is 11.5.